The van der Waals surface area contributed by atoms with E-state index in [0.29, 0.717) is 12.1 Å². The first kappa shape index (κ1) is 14.4. The molecule has 0 atom stereocenters. The molecule has 0 amide bonds. The van der Waals surface area contributed by atoms with Crippen LogP contribution >= 0.6 is 0 Å². The van der Waals surface area contributed by atoms with Crippen molar-refractivity contribution in [2.24, 2.45) is 0 Å². The van der Waals surface area contributed by atoms with Crippen LogP contribution in [0.1, 0.15) is 0 Å². The zero-order chi connectivity index (χ0) is 14.9. The van der Waals surface area contributed by atoms with Crippen molar-refractivity contribution in [2.45, 2.75) is 0 Å². The number of hydrogen-bond acceptors (Lipinski definition) is 1. The average Bonchev–Trinajstić information content (AvgIpc) is 2.40. The van der Waals surface area contributed by atoms with Crippen LogP contribution in [0.5, 0.6) is 5.75 Å². The molecule has 0 aliphatic carbocycles. The lowest BCUT2D eigenvalue weighted by atomic mass is 9.63. The Balaban J connectivity index is 2.50. The van der Waals surface area contributed by atoms with Gasteiger partial charge in [0.2, 0.25) is 7.28 Å². The van der Waals surface area contributed by atoms with E-state index in [0.717, 1.165) is 12.1 Å². The molecule has 0 heterocycles. The van der Waals surface area contributed by atoms with Gasteiger partial charge in [-0.25, -0.2) is 22.0 Å². The largest absolute Gasteiger partial charge is 0.494 e. The van der Waals surface area contributed by atoms with Crippen LogP contribution in [0.3, 0.4) is 0 Å². The topological polar surface area (TPSA) is 9.23 Å². The second-order valence-electron chi connectivity index (χ2n) is 4.08. The molecule has 7 heteroatoms. The molecule has 0 radical (unpaired) electrons. The number of ether oxygens (including phenoxy) is 1. The minimum absolute atomic E-state index is 0.237. The predicted molar refractivity (Wildman–Crippen MR) is 65.6 cm³/mol. The lowest BCUT2D eigenvalue weighted by Crippen LogP contribution is -2.35. The number of benzene rings is 2. The summed E-state index contributed by atoms with van der Waals surface area (Å²) in [5, 5.41) is 0. The van der Waals surface area contributed by atoms with E-state index in [-0.39, 0.29) is 5.75 Å². The first-order chi connectivity index (χ1) is 9.43. The molecule has 0 bridgehead atoms. The summed E-state index contributed by atoms with van der Waals surface area (Å²) in [4.78, 5) is 0. The first-order valence-corrected chi connectivity index (χ1v) is 5.58. The Morgan fingerprint density at radius 3 is 2.25 bits per heavy atom. The predicted octanol–water partition coefficient (Wildman–Crippen LogP) is 1.78. The van der Waals surface area contributed by atoms with E-state index < -0.39 is 47.3 Å². The Morgan fingerprint density at radius 1 is 0.900 bits per heavy atom. The fourth-order valence-electron chi connectivity index (χ4n) is 1.82. The summed E-state index contributed by atoms with van der Waals surface area (Å²) >= 11 is 0. The number of halogens is 5. The molecule has 2 aromatic carbocycles. The molecular weight excluding hydrogens is 278 g/mol. The van der Waals surface area contributed by atoms with Gasteiger partial charge in [-0.2, -0.15) is 0 Å². The van der Waals surface area contributed by atoms with Crippen LogP contribution < -0.4 is 15.7 Å². The lowest BCUT2D eigenvalue weighted by molar-refractivity contribution is 0.386. The maximum Gasteiger partial charge on any atom is 0.204 e. The third-order valence-electron chi connectivity index (χ3n) is 2.81. The van der Waals surface area contributed by atoms with Crippen molar-refractivity contribution in [3.8, 4) is 5.75 Å². The van der Waals surface area contributed by atoms with Crippen molar-refractivity contribution in [3.63, 3.8) is 0 Å². The van der Waals surface area contributed by atoms with Crippen LogP contribution in [0.15, 0.2) is 24.3 Å². The maximum atomic E-state index is 13.9. The zero-order valence-corrected chi connectivity index (χ0v) is 10.3. The molecule has 0 aliphatic rings. The molecule has 1 nitrogen and oxygen atoms in total. The van der Waals surface area contributed by atoms with Gasteiger partial charge in [0.25, 0.3) is 0 Å². The van der Waals surface area contributed by atoms with Gasteiger partial charge in [-0.15, -0.1) is 0 Å². The van der Waals surface area contributed by atoms with E-state index in [4.69, 9.17) is 0 Å². The van der Waals surface area contributed by atoms with Gasteiger partial charge in [-0.3, -0.25) is 0 Å². The van der Waals surface area contributed by atoms with Crippen LogP contribution in [0.2, 0.25) is 0 Å². The molecule has 0 unspecified atom stereocenters. The standard InChI is InChI=1S/C13H8BF5O/c1-20-10-3-2-8(16)11(13(10)19)14-7-4-6(15)5-9(17)12(7)18/h2-5,14H,1H3. The second kappa shape index (κ2) is 5.52. The van der Waals surface area contributed by atoms with Crippen molar-refractivity contribution in [2.75, 3.05) is 7.11 Å². The van der Waals surface area contributed by atoms with Crippen molar-refractivity contribution < 1.29 is 26.7 Å². The highest BCUT2D eigenvalue weighted by Crippen LogP contribution is 2.15. The quantitative estimate of drug-likeness (QED) is 0.475. The Hall–Kier alpha value is -2.05. The van der Waals surface area contributed by atoms with E-state index in [1.165, 1.54) is 7.11 Å². The van der Waals surface area contributed by atoms with E-state index in [1.54, 1.807) is 0 Å². The molecular formula is C13H8BF5O. The summed E-state index contributed by atoms with van der Waals surface area (Å²) < 4.78 is 71.7. The molecule has 2 rings (SSSR count). The summed E-state index contributed by atoms with van der Waals surface area (Å²) in [7, 11) is 0.553. The molecule has 0 aliphatic heterocycles. The Bertz CT molecular complexity index is 660. The lowest BCUT2D eigenvalue weighted by Gasteiger charge is -2.09. The Kier molecular flexibility index (Phi) is 3.97. The smallest absolute Gasteiger partial charge is 0.204 e. The van der Waals surface area contributed by atoms with E-state index >= 15 is 0 Å². The van der Waals surface area contributed by atoms with E-state index in [1.807, 2.05) is 0 Å². The van der Waals surface area contributed by atoms with Gasteiger partial charge < -0.3 is 4.74 Å². The maximum absolute atomic E-state index is 13.9. The number of hydrogen-bond donors (Lipinski definition) is 0. The third-order valence-corrected chi connectivity index (χ3v) is 2.81. The molecule has 0 aromatic heterocycles. The molecule has 0 saturated carbocycles. The second-order valence-corrected chi connectivity index (χ2v) is 4.08. The van der Waals surface area contributed by atoms with Crippen LogP contribution in [0, 0.1) is 29.1 Å². The fourth-order valence-corrected chi connectivity index (χ4v) is 1.82. The van der Waals surface area contributed by atoms with Gasteiger partial charge in [0.1, 0.15) is 11.6 Å². The average molecular weight is 286 g/mol. The summed E-state index contributed by atoms with van der Waals surface area (Å²) in [5.74, 6) is -6.00. The summed E-state index contributed by atoms with van der Waals surface area (Å²) in [5.41, 5.74) is -0.998. The first-order valence-electron chi connectivity index (χ1n) is 5.58. The highest BCUT2D eigenvalue weighted by atomic mass is 19.2. The molecule has 0 spiro atoms. The van der Waals surface area contributed by atoms with Gasteiger partial charge in [0.15, 0.2) is 23.2 Å². The monoisotopic (exact) mass is 286 g/mol. The Labute approximate surface area is 112 Å². The molecule has 2 aromatic rings. The Morgan fingerprint density at radius 2 is 1.60 bits per heavy atom. The van der Waals surface area contributed by atoms with E-state index in [9.17, 15) is 22.0 Å². The minimum atomic E-state index is -1.41. The normalized spacial score (nSPS) is 10.5. The summed E-state index contributed by atoms with van der Waals surface area (Å²) in [6.45, 7) is 0. The summed E-state index contributed by atoms with van der Waals surface area (Å²) in [6, 6.07) is 3.05. The summed E-state index contributed by atoms with van der Waals surface area (Å²) in [6.07, 6.45) is 0. The van der Waals surface area contributed by atoms with Crippen molar-refractivity contribution >= 4 is 18.2 Å². The number of methoxy groups -OCH3 is 1. The molecule has 20 heavy (non-hydrogen) atoms. The third kappa shape index (κ3) is 2.61. The highest BCUT2D eigenvalue weighted by molar-refractivity contribution is 6.67. The minimum Gasteiger partial charge on any atom is -0.494 e. The van der Waals surface area contributed by atoms with Gasteiger partial charge in [-0.05, 0) is 29.1 Å². The van der Waals surface area contributed by atoms with Crippen molar-refractivity contribution in [1.82, 2.24) is 0 Å². The van der Waals surface area contributed by atoms with Gasteiger partial charge in [0.05, 0.1) is 7.11 Å². The molecule has 0 N–H and O–H groups in total. The van der Waals surface area contributed by atoms with Crippen LogP contribution in [-0.2, 0) is 0 Å². The van der Waals surface area contributed by atoms with Crippen LogP contribution in [0.4, 0.5) is 22.0 Å². The van der Waals surface area contributed by atoms with Crippen molar-refractivity contribution in [1.29, 1.82) is 0 Å². The fraction of sp³-hybridized carbons (Fsp3) is 0.0769. The SMILES string of the molecule is COc1ccc(F)c(Bc2cc(F)cc(F)c2F)c1F. The number of rotatable bonds is 3. The van der Waals surface area contributed by atoms with Gasteiger partial charge in [-0.1, -0.05) is 0 Å². The van der Waals surface area contributed by atoms with Crippen LogP contribution in [-0.4, -0.2) is 14.4 Å². The van der Waals surface area contributed by atoms with Gasteiger partial charge >= 0.3 is 0 Å². The zero-order valence-electron chi connectivity index (χ0n) is 10.3. The van der Waals surface area contributed by atoms with Crippen molar-refractivity contribution in [3.05, 3.63) is 53.4 Å². The van der Waals surface area contributed by atoms with Crippen LogP contribution in [0.25, 0.3) is 0 Å². The molecule has 104 valence electrons. The van der Waals surface area contributed by atoms with E-state index in [2.05, 4.69) is 4.74 Å². The van der Waals surface area contributed by atoms with Gasteiger partial charge in [0, 0.05) is 6.07 Å². The molecule has 0 fully saturated rings. The molecule has 0 saturated heterocycles. The highest BCUT2D eigenvalue weighted by Gasteiger charge is 2.19.